The lowest BCUT2D eigenvalue weighted by molar-refractivity contribution is -0.138. The summed E-state index contributed by atoms with van der Waals surface area (Å²) in [5, 5.41) is 8.65. The van der Waals surface area contributed by atoms with Gasteiger partial charge >= 0.3 is 5.97 Å². The summed E-state index contributed by atoms with van der Waals surface area (Å²) in [6, 6.07) is -0.215. The number of rotatable bonds is 10. The molecule has 0 radical (unpaired) electrons. The summed E-state index contributed by atoms with van der Waals surface area (Å²) in [6.07, 6.45) is 2.11. The van der Waals surface area contributed by atoms with Crippen LogP contribution in [0.5, 0.6) is 0 Å². The van der Waals surface area contributed by atoms with Crippen LogP contribution in [0.25, 0.3) is 0 Å². The van der Waals surface area contributed by atoms with Crippen molar-refractivity contribution in [1.82, 2.24) is 4.90 Å². The molecule has 0 atom stereocenters. The highest BCUT2D eigenvalue weighted by Crippen LogP contribution is 2.06. The fourth-order valence-electron chi connectivity index (χ4n) is 1.80. The average molecular weight is 307 g/mol. The predicted molar refractivity (Wildman–Crippen MR) is 77.3 cm³/mol. The first-order chi connectivity index (χ1) is 9.19. The van der Waals surface area contributed by atoms with Crippen LogP contribution in [0.1, 0.15) is 46.5 Å². The Morgan fingerprint density at radius 2 is 1.80 bits per heavy atom. The fraction of sp³-hybridized carbons (Fsp3) is 0.846. The van der Waals surface area contributed by atoms with Crippen molar-refractivity contribution < 1.29 is 23.1 Å². The van der Waals surface area contributed by atoms with Gasteiger partial charge in [-0.2, -0.15) is 0 Å². The molecule has 0 aromatic carbocycles. The molecule has 0 aliphatic rings. The van der Waals surface area contributed by atoms with E-state index in [9.17, 15) is 18.0 Å². The Kier molecular flexibility index (Phi) is 8.45. The molecule has 0 aliphatic carbocycles. The number of carboxylic acid groups (broad SMARTS) is 1. The second kappa shape index (κ2) is 8.94. The highest BCUT2D eigenvalue weighted by molar-refractivity contribution is 7.92. The van der Waals surface area contributed by atoms with Gasteiger partial charge in [0.25, 0.3) is 0 Å². The van der Waals surface area contributed by atoms with Crippen molar-refractivity contribution in [3.05, 3.63) is 0 Å². The van der Waals surface area contributed by atoms with Crippen molar-refractivity contribution in [3.63, 3.8) is 0 Å². The molecule has 0 aromatic heterocycles. The molecule has 0 unspecified atom stereocenters. The molecule has 0 aromatic rings. The van der Waals surface area contributed by atoms with Crippen LogP contribution in [0.4, 0.5) is 0 Å². The smallest absolute Gasteiger partial charge is 0.305 e. The number of hydrogen-bond acceptors (Lipinski definition) is 4. The average Bonchev–Trinajstić information content (AvgIpc) is 2.27. The van der Waals surface area contributed by atoms with Gasteiger partial charge in [-0.15, -0.1) is 0 Å². The maximum Gasteiger partial charge on any atom is 0.305 e. The van der Waals surface area contributed by atoms with Gasteiger partial charge in [0.2, 0.25) is 5.91 Å². The molecule has 0 spiro atoms. The van der Waals surface area contributed by atoms with E-state index in [1.54, 1.807) is 13.8 Å². The number of amides is 1. The lowest BCUT2D eigenvalue weighted by Crippen LogP contribution is -2.42. The van der Waals surface area contributed by atoms with E-state index in [2.05, 4.69) is 0 Å². The Balaban J connectivity index is 4.55. The number of carbonyl (C=O) groups excluding carboxylic acids is 1. The molecule has 118 valence electrons. The summed E-state index contributed by atoms with van der Waals surface area (Å²) in [5.41, 5.74) is 0. The Bertz CT molecular complexity index is 416. The Labute approximate surface area is 121 Å². The second-order valence-corrected chi connectivity index (χ2v) is 7.31. The van der Waals surface area contributed by atoms with E-state index in [1.165, 1.54) is 4.90 Å². The molecule has 6 nitrogen and oxygen atoms in total. The van der Waals surface area contributed by atoms with Gasteiger partial charge in [-0.25, -0.2) is 8.42 Å². The third-order valence-electron chi connectivity index (χ3n) is 2.91. The largest absolute Gasteiger partial charge is 0.481 e. The molecule has 0 aliphatic heterocycles. The van der Waals surface area contributed by atoms with E-state index in [4.69, 9.17) is 5.11 Å². The lowest BCUT2D eigenvalue weighted by atomic mass is 10.3. The summed E-state index contributed by atoms with van der Waals surface area (Å²) in [5.74, 6) is -2.04. The minimum Gasteiger partial charge on any atom is -0.481 e. The van der Waals surface area contributed by atoms with Crippen molar-refractivity contribution in [3.8, 4) is 0 Å². The Hall–Kier alpha value is -1.11. The van der Waals surface area contributed by atoms with Crippen molar-refractivity contribution in [2.24, 2.45) is 0 Å². The molecule has 0 bridgehead atoms. The summed E-state index contributed by atoms with van der Waals surface area (Å²) in [7, 11) is -3.41. The van der Waals surface area contributed by atoms with Crippen LogP contribution >= 0.6 is 0 Å². The van der Waals surface area contributed by atoms with Crippen LogP contribution in [0.15, 0.2) is 0 Å². The monoisotopic (exact) mass is 307 g/mol. The van der Waals surface area contributed by atoms with Crippen LogP contribution < -0.4 is 0 Å². The van der Waals surface area contributed by atoms with Crippen molar-refractivity contribution in [2.45, 2.75) is 52.5 Å². The second-order valence-electron chi connectivity index (χ2n) is 5.12. The normalized spacial score (nSPS) is 11.6. The van der Waals surface area contributed by atoms with Gasteiger partial charge in [0.15, 0.2) is 9.84 Å². The third-order valence-corrected chi connectivity index (χ3v) is 4.51. The number of hydrogen-bond donors (Lipinski definition) is 1. The van der Waals surface area contributed by atoms with Gasteiger partial charge in [0, 0.05) is 12.6 Å². The van der Waals surface area contributed by atoms with E-state index < -0.39 is 27.5 Å². The number of carboxylic acids is 1. The van der Waals surface area contributed by atoms with Crippen LogP contribution in [-0.4, -0.2) is 54.4 Å². The van der Waals surface area contributed by atoms with Gasteiger partial charge in [-0.05, 0) is 20.3 Å². The predicted octanol–water partition coefficient (Wildman–Crippen LogP) is 1.30. The van der Waals surface area contributed by atoms with Gasteiger partial charge in [0.05, 0.1) is 12.2 Å². The Morgan fingerprint density at radius 3 is 2.25 bits per heavy atom. The van der Waals surface area contributed by atoms with Gasteiger partial charge in [-0.1, -0.05) is 19.8 Å². The topological polar surface area (TPSA) is 91.8 Å². The highest BCUT2D eigenvalue weighted by atomic mass is 32.2. The summed E-state index contributed by atoms with van der Waals surface area (Å²) < 4.78 is 23.6. The van der Waals surface area contributed by atoms with Crippen molar-refractivity contribution in [1.29, 1.82) is 0 Å². The fourth-order valence-corrected chi connectivity index (χ4v) is 3.13. The number of sulfone groups is 1. The molecule has 1 N–H and O–H groups in total. The molecule has 0 heterocycles. The van der Waals surface area contributed by atoms with Crippen molar-refractivity contribution in [2.75, 3.05) is 18.1 Å². The summed E-state index contributed by atoms with van der Waals surface area (Å²) in [4.78, 5) is 23.9. The molecular weight excluding hydrogens is 282 g/mol. The molecule has 0 saturated heterocycles. The minimum absolute atomic E-state index is 0.0114. The van der Waals surface area contributed by atoms with Gasteiger partial charge < -0.3 is 10.0 Å². The number of nitrogens with zero attached hydrogens (tertiary/aromatic N) is 1. The molecule has 1 amide bonds. The molecule has 0 fully saturated rings. The van der Waals surface area contributed by atoms with Crippen LogP contribution in [0.3, 0.4) is 0 Å². The third kappa shape index (κ3) is 8.14. The zero-order chi connectivity index (χ0) is 15.8. The molecular formula is C13H25NO5S. The maximum absolute atomic E-state index is 12.0. The van der Waals surface area contributed by atoms with E-state index in [0.29, 0.717) is 6.42 Å². The number of aliphatic carboxylic acids is 1. The number of unbranched alkanes of at least 4 members (excludes halogenated alkanes) is 2. The standard InChI is InChI=1S/C13H25NO5S/c1-4-5-6-9-20(18,19)10-12(15)14(11(2)3)8-7-13(16)17/h11H,4-10H2,1-3H3,(H,16,17). The van der Waals surface area contributed by atoms with Gasteiger partial charge in [-0.3, -0.25) is 9.59 Å². The molecule has 7 heteroatoms. The quantitative estimate of drug-likeness (QED) is 0.614. The SMILES string of the molecule is CCCCCS(=O)(=O)CC(=O)N(CCC(=O)O)C(C)C. The van der Waals surface area contributed by atoms with Gasteiger partial charge in [0.1, 0.15) is 5.75 Å². The lowest BCUT2D eigenvalue weighted by Gasteiger charge is -2.26. The van der Waals surface area contributed by atoms with Crippen LogP contribution in [0.2, 0.25) is 0 Å². The first-order valence-electron chi connectivity index (χ1n) is 6.91. The molecule has 20 heavy (non-hydrogen) atoms. The number of carbonyl (C=O) groups is 2. The zero-order valence-corrected chi connectivity index (χ0v) is 13.3. The van der Waals surface area contributed by atoms with E-state index in [-0.39, 0.29) is 24.8 Å². The molecule has 0 saturated carbocycles. The first-order valence-corrected chi connectivity index (χ1v) is 8.73. The first kappa shape index (κ1) is 18.9. The van der Waals surface area contributed by atoms with E-state index in [0.717, 1.165) is 12.8 Å². The van der Waals surface area contributed by atoms with Crippen LogP contribution in [0, 0.1) is 0 Å². The van der Waals surface area contributed by atoms with Crippen molar-refractivity contribution >= 4 is 21.7 Å². The Morgan fingerprint density at radius 1 is 1.20 bits per heavy atom. The summed E-state index contributed by atoms with van der Waals surface area (Å²) >= 11 is 0. The highest BCUT2D eigenvalue weighted by Gasteiger charge is 2.23. The van der Waals surface area contributed by atoms with E-state index >= 15 is 0 Å². The summed E-state index contributed by atoms with van der Waals surface area (Å²) in [6.45, 7) is 5.49. The zero-order valence-electron chi connectivity index (χ0n) is 12.5. The van der Waals surface area contributed by atoms with Crippen LogP contribution in [-0.2, 0) is 19.4 Å². The minimum atomic E-state index is -3.41. The maximum atomic E-state index is 12.0. The molecule has 0 rings (SSSR count). The van der Waals surface area contributed by atoms with E-state index in [1.807, 2.05) is 6.92 Å².